The van der Waals surface area contributed by atoms with Crippen molar-refractivity contribution in [1.82, 2.24) is 9.78 Å². The van der Waals surface area contributed by atoms with Gasteiger partial charge in [-0.15, -0.1) is 0 Å². The number of rotatable bonds is 7. The molecule has 3 aromatic rings. The van der Waals surface area contributed by atoms with Gasteiger partial charge in [0.15, 0.2) is 0 Å². The summed E-state index contributed by atoms with van der Waals surface area (Å²) in [6.07, 6.45) is -4.39. The molecule has 0 spiro atoms. The van der Waals surface area contributed by atoms with Crippen LogP contribution in [0.4, 0.5) is 18.9 Å². The highest BCUT2D eigenvalue weighted by Crippen LogP contribution is 2.24. The maximum Gasteiger partial charge on any atom is 0.411 e. The van der Waals surface area contributed by atoms with E-state index in [-0.39, 0.29) is 12.5 Å². The zero-order chi connectivity index (χ0) is 22.6. The quantitative estimate of drug-likeness (QED) is 0.513. The molecule has 0 saturated heterocycles. The predicted octanol–water partition coefficient (Wildman–Crippen LogP) is 5.53. The molecule has 1 aromatic heterocycles. The first-order valence-corrected chi connectivity index (χ1v) is 9.84. The van der Waals surface area contributed by atoms with Crippen LogP contribution in [0.5, 0.6) is 0 Å². The summed E-state index contributed by atoms with van der Waals surface area (Å²) < 4.78 is 43.1. The van der Waals surface area contributed by atoms with Crippen LogP contribution in [0.3, 0.4) is 0 Å². The fraction of sp³-hybridized carbons (Fsp3) is 0.273. The fourth-order valence-corrected chi connectivity index (χ4v) is 3.29. The second-order valence-corrected chi connectivity index (χ2v) is 7.46. The number of carbonyl (C=O) groups is 1. The Bertz CT molecular complexity index is 1080. The molecular weight excluding hydrogens is 431 g/mol. The molecule has 0 aliphatic heterocycles. The van der Waals surface area contributed by atoms with Crippen LogP contribution in [0.25, 0.3) is 0 Å². The van der Waals surface area contributed by atoms with Gasteiger partial charge in [-0.2, -0.15) is 18.3 Å². The van der Waals surface area contributed by atoms with Crippen molar-refractivity contribution in [3.8, 4) is 0 Å². The van der Waals surface area contributed by atoms with Crippen molar-refractivity contribution >= 4 is 23.2 Å². The number of ether oxygens (including phenoxy) is 1. The number of halogens is 4. The van der Waals surface area contributed by atoms with Crippen molar-refractivity contribution in [3.05, 3.63) is 81.6 Å². The van der Waals surface area contributed by atoms with E-state index in [1.807, 2.05) is 25.1 Å². The van der Waals surface area contributed by atoms with Gasteiger partial charge in [-0.3, -0.25) is 9.48 Å². The number of benzene rings is 2. The first-order valence-electron chi connectivity index (χ1n) is 9.46. The molecule has 9 heteroatoms. The van der Waals surface area contributed by atoms with Gasteiger partial charge in [-0.25, -0.2) is 0 Å². The lowest BCUT2D eigenvalue weighted by atomic mass is 10.1. The number of hydrogen-bond acceptors (Lipinski definition) is 3. The van der Waals surface area contributed by atoms with Crippen molar-refractivity contribution in [2.45, 2.75) is 33.2 Å². The molecule has 0 atom stereocenters. The van der Waals surface area contributed by atoms with E-state index < -0.39 is 12.8 Å². The molecule has 31 heavy (non-hydrogen) atoms. The van der Waals surface area contributed by atoms with Gasteiger partial charge in [0.05, 0.1) is 30.2 Å². The van der Waals surface area contributed by atoms with E-state index >= 15 is 0 Å². The number of hydrogen-bond donors (Lipinski definition) is 1. The van der Waals surface area contributed by atoms with Gasteiger partial charge in [-0.1, -0.05) is 41.9 Å². The Morgan fingerprint density at radius 1 is 1.16 bits per heavy atom. The molecule has 0 saturated carbocycles. The Labute approximate surface area is 182 Å². The van der Waals surface area contributed by atoms with Crippen LogP contribution in [0, 0.1) is 13.8 Å². The van der Waals surface area contributed by atoms with Crippen LogP contribution in [-0.4, -0.2) is 28.5 Å². The number of anilines is 1. The van der Waals surface area contributed by atoms with E-state index in [9.17, 15) is 18.0 Å². The Hall–Kier alpha value is -2.84. The molecular formula is C22H21ClF3N3O2. The maximum atomic E-state index is 12.7. The van der Waals surface area contributed by atoms with Crippen LogP contribution in [0.2, 0.25) is 5.02 Å². The third-order valence-corrected chi connectivity index (χ3v) is 4.99. The monoisotopic (exact) mass is 451 g/mol. The molecule has 5 nitrogen and oxygen atoms in total. The van der Waals surface area contributed by atoms with Gasteiger partial charge in [-0.05, 0) is 43.2 Å². The minimum atomic E-state index is -4.39. The Morgan fingerprint density at radius 3 is 2.61 bits per heavy atom. The molecule has 1 amide bonds. The van der Waals surface area contributed by atoms with Gasteiger partial charge in [0, 0.05) is 10.6 Å². The summed E-state index contributed by atoms with van der Waals surface area (Å²) in [5.74, 6) is -0.388. The van der Waals surface area contributed by atoms with Crippen molar-refractivity contribution < 1.29 is 22.7 Å². The largest absolute Gasteiger partial charge is 0.411 e. The summed E-state index contributed by atoms with van der Waals surface area (Å²) in [4.78, 5) is 12.7. The van der Waals surface area contributed by atoms with Crippen molar-refractivity contribution in [3.63, 3.8) is 0 Å². The zero-order valence-corrected chi connectivity index (χ0v) is 17.7. The first-order chi connectivity index (χ1) is 14.6. The lowest BCUT2D eigenvalue weighted by Gasteiger charge is -2.10. The van der Waals surface area contributed by atoms with Crippen LogP contribution in [0.1, 0.15) is 32.9 Å². The molecule has 1 N–H and O–H groups in total. The zero-order valence-electron chi connectivity index (χ0n) is 17.0. The number of nitrogens with zero attached hydrogens (tertiary/aromatic N) is 2. The number of nitrogens with one attached hydrogen (secondary N) is 1. The van der Waals surface area contributed by atoms with E-state index in [1.165, 1.54) is 6.07 Å². The lowest BCUT2D eigenvalue weighted by molar-refractivity contribution is -0.176. The van der Waals surface area contributed by atoms with Gasteiger partial charge < -0.3 is 10.1 Å². The lowest BCUT2D eigenvalue weighted by Crippen LogP contribution is -2.17. The molecule has 3 rings (SSSR count). The summed E-state index contributed by atoms with van der Waals surface area (Å²) >= 11 is 6.23. The number of aryl methyl sites for hydroxylation is 1. The number of aromatic nitrogens is 2. The van der Waals surface area contributed by atoms with Crippen LogP contribution in [0.15, 0.2) is 48.5 Å². The molecule has 0 bridgehead atoms. The highest BCUT2D eigenvalue weighted by atomic mass is 35.5. The third kappa shape index (κ3) is 6.08. The molecule has 0 fully saturated rings. The van der Waals surface area contributed by atoms with E-state index in [4.69, 9.17) is 11.6 Å². The Balaban J connectivity index is 1.71. The predicted molar refractivity (Wildman–Crippen MR) is 112 cm³/mol. The van der Waals surface area contributed by atoms with Crippen molar-refractivity contribution in [2.24, 2.45) is 0 Å². The van der Waals surface area contributed by atoms with E-state index in [0.717, 1.165) is 11.3 Å². The van der Waals surface area contributed by atoms with Gasteiger partial charge in [0.2, 0.25) is 0 Å². The third-order valence-electron chi connectivity index (χ3n) is 4.62. The summed E-state index contributed by atoms with van der Waals surface area (Å²) in [6, 6.07) is 13.7. The van der Waals surface area contributed by atoms with E-state index in [2.05, 4.69) is 15.2 Å². The highest BCUT2D eigenvalue weighted by molar-refractivity contribution is 6.31. The van der Waals surface area contributed by atoms with Crippen LogP contribution in [-0.2, 0) is 17.9 Å². The summed E-state index contributed by atoms with van der Waals surface area (Å²) in [5, 5.41) is 7.97. The topological polar surface area (TPSA) is 56.2 Å². The van der Waals surface area contributed by atoms with E-state index in [1.54, 1.807) is 35.9 Å². The smallest absolute Gasteiger partial charge is 0.367 e. The SMILES string of the molecule is Cc1nn(Cc2ccccc2Cl)c(C)c1NC(=O)c1cccc(COCC(F)(F)F)c1. The van der Waals surface area contributed by atoms with Crippen molar-refractivity contribution in [2.75, 3.05) is 11.9 Å². The minimum Gasteiger partial charge on any atom is -0.367 e. The number of carbonyl (C=O) groups excluding carboxylic acids is 1. The van der Waals surface area contributed by atoms with Gasteiger partial charge in [0.1, 0.15) is 6.61 Å². The number of alkyl halides is 3. The molecule has 0 aliphatic rings. The van der Waals surface area contributed by atoms with Crippen LogP contribution >= 0.6 is 11.6 Å². The highest BCUT2D eigenvalue weighted by Gasteiger charge is 2.27. The maximum absolute atomic E-state index is 12.7. The number of amides is 1. The van der Waals surface area contributed by atoms with Gasteiger partial charge in [0.25, 0.3) is 5.91 Å². The normalized spacial score (nSPS) is 11.5. The minimum absolute atomic E-state index is 0.242. The second-order valence-electron chi connectivity index (χ2n) is 7.06. The molecule has 164 valence electrons. The molecule has 0 radical (unpaired) electrons. The van der Waals surface area contributed by atoms with Crippen LogP contribution < -0.4 is 5.32 Å². The second kappa shape index (κ2) is 9.53. The van der Waals surface area contributed by atoms with E-state index in [0.29, 0.717) is 34.1 Å². The first kappa shape index (κ1) is 22.8. The fourth-order valence-electron chi connectivity index (χ4n) is 3.09. The average Bonchev–Trinajstić information content (AvgIpc) is 2.96. The molecule has 0 aliphatic carbocycles. The van der Waals surface area contributed by atoms with Crippen molar-refractivity contribution in [1.29, 1.82) is 0 Å². The summed E-state index contributed by atoms with van der Waals surface area (Å²) in [5.41, 5.74) is 3.67. The summed E-state index contributed by atoms with van der Waals surface area (Å²) in [6.45, 7) is 2.50. The molecule has 2 aromatic carbocycles. The molecule has 0 unspecified atom stereocenters. The molecule has 1 heterocycles. The Morgan fingerprint density at radius 2 is 1.90 bits per heavy atom. The summed E-state index contributed by atoms with van der Waals surface area (Å²) in [7, 11) is 0. The Kier molecular flexibility index (Phi) is 7.02. The average molecular weight is 452 g/mol. The standard InChI is InChI=1S/C22H21ClF3N3O2/c1-14-20(15(2)29(28-14)11-18-7-3-4-9-19(18)23)27-21(30)17-8-5-6-16(10-17)12-31-13-22(24,25)26/h3-10H,11-13H2,1-2H3,(H,27,30). The van der Waals surface area contributed by atoms with Gasteiger partial charge >= 0.3 is 6.18 Å².